The average molecular weight is 102 g/mol. The standard InChI is InChI=1S/C4H2N2.Na.H/c5-3-1-2-4-6;;/h1-2H;;/q;+1;-1. The van der Waals surface area contributed by atoms with Crippen LogP contribution in [0.1, 0.15) is 1.43 Å². The Balaban J connectivity index is -0.000000125. The molecule has 0 aliphatic carbocycles. The Morgan fingerprint density at radius 2 is 1.43 bits per heavy atom. The second-order valence-corrected chi connectivity index (χ2v) is 0.592. The zero-order valence-electron chi connectivity index (χ0n) is 5.05. The van der Waals surface area contributed by atoms with Crippen LogP contribution in [0.15, 0.2) is 12.2 Å². The zero-order valence-corrected chi connectivity index (χ0v) is 6.05. The molecule has 0 saturated heterocycles. The Kier molecular flexibility index (Phi) is 13.0. The summed E-state index contributed by atoms with van der Waals surface area (Å²) >= 11 is 0. The number of allylic oxidation sites excluding steroid dienone is 2. The number of nitriles is 2. The molecule has 0 unspecified atom stereocenters. The average Bonchev–Trinajstić information content (AvgIpc) is 1.61. The molecule has 30 valence electrons. The van der Waals surface area contributed by atoms with Crippen molar-refractivity contribution in [3.8, 4) is 12.1 Å². The maximum atomic E-state index is 7.71. The van der Waals surface area contributed by atoms with Gasteiger partial charge in [0.2, 0.25) is 0 Å². The molecule has 0 aromatic heterocycles. The first-order chi connectivity index (χ1) is 2.91. The van der Waals surface area contributed by atoms with Gasteiger partial charge in [0.1, 0.15) is 0 Å². The van der Waals surface area contributed by atoms with Crippen molar-refractivity contribution in [1.29, 1.82) is 10.5 Å². The molecule has 0 bridgehead atoms. The minimum absolute atomic E-state index is 0. The SMILES string of the molecule is N#CC=CC#N.[H-].[Na+]. The largest absolute Gasteiger partial charge is 1.00 e. The van der Waals surface area contributed by atoms with Crippen molar-refractivity contribution >= 4 is 0 Å². The molecule has 0 fully saturated rings. The summed E-state index contributed by atoms with van der Waals surface area (Å²) in [6, 6.07) is 3.33. The van der Waals surface area contributed by atoms with E-state index in [9.17, 15) is 0 Å². The summed E-state index contributed by atoms with van der Waals surface area (Å²) in [6.45, 7) is 0. The van der Waals surface area contributed by atoms with E-state index in [0.29, 0.717) is 0 Å². The van der Waals surface area contributed by atoms with Crippen molar-refractivity contribution in [2.24, 2.45) is 0 Å². The van der Waals surface area contributed by atoms with Gasteiger partial charge >= 0.3 is 29.6 Å². The molecular weight excluding hydrogens is 99.0 g/mol. The smallest absolute Gasteiger partial charge is 1.00 e. The molecule has 0 heterocycles. The Hall–Kier alpha value is -0.280. The van der Waals surface area contributed by atoms with Crippen LogP contribution in [-0.4, -0.2) is 0 Å². The minimum atomic E-state index is 0. The van der Waals surface area contributed by atoms with Gasteiger partial charge in [0.25, 0.3) is 0 Å². The monoisotopic (exact) mass is 102 g/mol. The molecule has 0 spiro atoms. The molecule has 0 atom stereocenters. The van der Waals surface area contributed by atoms with Gasteiger partial charge in [-0.1, -0.05) is 0 Å². The summed E-state index contributed by atoms with van der Waals surface area (Å²) in [5, 5.41) is 15.4. The van der Waals surface area contributed by atoms with Gasteiger partial charge < -0.3 is 1.43 Å². The summed E-state index contributed by atoms with van der Waals surface area (Å²) in [6.07, 6.45) is 2.25. The summed E-state index contributed by atoms with van der Waals surface area (Å²) in [7, 11) is 0. The molecule has 2 nitrogen and oxygen atoms in total. The van der Waals surface area contributed by atoms with Crippen molar-refractivity contribution < 1.29 is 31.0 Å². The van der Waals surface area contributed by atoms with Gasteiger partial charge in [0.05, 0.1) is 12.1 Å². The first kappa shape index (κ1) is 9.87. The zero-order chi connectivity index (χ0) is 4.83. The van der Waals surface area contributed by atoms with E-state index in [0.717, 1.165) is 12.2 Å². The van der Waals surface area contributed by atoms with Crippen molar-refractivity contribution in [3.63, 3.8) is 0 Å². The molecule has 0 rings (SSSR count). The van der Waals surface area contributed by atoms with E-state index in [4.69, 9.17) is 10.5 Å². The molecule has 7 heavy (non-hydrogen) atoms. The second kappa shape index (κ2) is 9.21. The third kappa shape index (κ3) is 10.7. The van der Waals surface area contributed by atoms with Crippen LogP contribution < -0.4 is 29.6 Å². The first-order valence-electron chi connectivity index (χ1n) is 1.36. The van der Waals surface area contributed by atoms with Gasteiger partial charge in [-0.05, 0) is 0 Å². The maximum absolute atomic E-state index is 7.71. The molecule has 0 aliphatic rings. The maximum Gasteiger partial charge on any atom is 1.00 e. The predicted octanol–water partition coefficient (Wildman–Crippen LogP) is -2.29. The topological polar surface area (TPSA) is 47.6 Å². The van der Waals surface area contributed by atoms with Gasteiger partial charge in [-0.2, -0.15) is 10.5 Å². The summed E-state index contributed by atoms with van der Waals surface area (Å²) in [5.74, 6) is 0. The van der Waals surface area contributed by atoms with E-state index >= 15 is 0 Å². The molecule has 0 aliphatic heterocycles. The summed E-state index contributed by atoms with van der Waals surface area (Å²) in [5.41, 5.74) is 0. The number of hydrogen-bond acceptors (Lipinski definition) is 2. The number of nitrogens with zero attached hydrogens (tertiary/aromatic N) is 2. The van der Waals surface area contributed by atoms with Gasteiger partial charge in [-0.25, -0.2) is 0 Å². The van der Waals surface area contributed by atoms with Crippen LogP contribution >= 0.6 is 0 Å². The Bertz CT molecular complexity index is 114. The van der Waals surface area contributed by atoms with Gasteiger partial charge in [0.15, 0.2) is 0 Å². The fourth-order valence-electron chi connectivity index (χ4n) is 0.0745. The van der Waals surface area contributed by atoms with Gasteiger partial charge in [-0.15, -0.1) is 0 Å². The fraction of sp³-hybridized carbons (Fsp3) is 0. The van der Waals surface area contributed by atoms with Crippen molar-refractivity contribution in [2.45, 2.75) is 0 Å². The quantitative estimate of drug-likeness (QED) is 0.255. The Labute approximate surface area is 65.8 Å². The Morgan fingerprint density at radius 1 is 1.14 bits per heavy atom. The van der Waals surface area contributed by atoms with Crippen molar-refractivity contribution in [1.82, 2.24) is 0 Å². The van der Waals surface area contributed by atoms with E-state index in [1.807, 2.05) is 0 Å². The molecular formula is C4H3N2Na. The van der Waals surface area contributed by atoms with Crippen LogP contribution in [0, 0.1) is 22.7 Å². The van der Waals surface area contributed by atoms with Crippen LogP contribution in [0.2, 0.25) is 0 Å². The van der Waals surface area contributed by atoms with E-state index in [-0.39, 0.29) is 31.0 Å². The van der Waals surface area contributed by atoms with Crippen molar-refractivity contribution in [2.75, 3.05) is 0 Å². The van der Waals surface area contributed by atoms with Crippen LogP contribution in [0.25, 0.3) is 0 Å². The third-order valence-corrected chi connectivity index (χ3v) is 0.232. The molecule has 0 N–H and O–H groups in total. The fourth-order valence-corrected chi connectivity index (χ4v) is 0.0745. The van der Waals surface area contributed by atoms with E-state index in [1.165, 1.54) is 0 Å². The normalized spacial score (nSPS) is 6.00. The summed E-state index contributed by atoms with van der Waals surface area (Å²) < 4.78 is 0. The second-order valence-electron chi connectivity index (χ2n) is 0.592. The van der Waals surface area contributed by atoms with Crippen LogP contribution in [0.4, 0.5) is 0 Å². The first-order valence-corrected chi connectivity index (χ1v) is 1.36. The molecule has 0 saturated carbocycles. The van der Waals surface area contributed by atoms with Crippen LogP contribution in [0.3, 0.4) is 0 Å². The van der Waals surface area contributed by atoms with E-state index in [1.54, 1.807) is 12.1 Å². The van der Waals surface area contributed by atoms with E-state index < -0.39 is 0 Å². The Morgan fingerprint density at radius 3 is 1.57 bits per heavy atom. The summed E-state index contributed by atoms with van der Waals surface area (Å²) in [4.78, 5) is 0. The molecule has 0 radical (unpaired) electrons. The number of hydrogen-bond donors (Lipinski definition) is 0. The minimum Gasteiger partial charge on any atom is -1.00 e. The molecule has 3 heteroatoms. The van der Waals surface area contributed by atoms with Gasteiger partial charge in [-0.3, -0.25) is 0 Å². The van der Waals surface area contributed by atoms with Crippen LogP contribution in [0.5, 0.6) is 0 Å². The van der Waals surface area contributed by atoms with Gasteiger partial charge in [0, 0.05) is 12.2 Å². The van der Waals surface area contributed by atoms with E-state index in [2.05, 4.69) is 0 Å². The predicted molar refractivity (Wildman–Crippen MR) is 21.5 cm³/mol. The van der Waals surface area contributed by atoms with Crippen molar-refractivity contribution in [3.05, 3.63) is 12.2 Å². The molecule has 0 aromatic carbocycles. The molecule has 0 aromatic rings. The third-order valence-electron chi connectivity index (χ3n) is 0.232. The van der Waals surface area contributed by atoms with Crippen LogP contribution in [-0.2, 0) is 0 Å². The molecule has 0 amide bonds. The number of rotatable bonds is 0.